The van der Waals surface area contributed by atoms with Gasteiger partial charge in [-0.15, -0.1) is 10.2 Å². The van der Waals surface area contributed by atoms with Crippen LogP contribution in [0.2, 0.25) is 0 Å². The van der Waals surface area contributed by atoms with Gasteiger partial charge in [-0.2, -0.15) is 13.2 Å². The van der Waals surface area contributed by atoms with Crippen LogP contribution in [0.4, 0.5) is 19.0 Å². The highest BCUT2D eigenvalue weighted by Gasteiger charge is 2.32. The second kappa shape index (κ2) is 6.11. The van der Waals surface area contributed by atoms with Crippen LogP contribution < -0.4 is 5.32 Å². The Morgan fingerprint density at radius 2 is 1.71 bits per heavy atom. The molecule has 1 heterocycles. The van der Waals surface area contributed by atoms with Gasteiger partial charge in [0.1, 0.15) is 5.82 Å². The predicted octanol–water partition coefficient (Wildman–Crippen LogP) is 4.23. The van der Waals surface area contributed by atoms with Crippen molar-refractivity contribution >= 4 is 5.82 Å². The molecule has 1 N–H and O–H groups in total. The van der Waals surface area contributed by atoms with E-state index in [1.54, 1.807) is 0 Å². The van der Waals surface area contributed by atoms with E-state index in [0.29, 0.717) is 5.82 Å². The maximum atomic E-state index is 12.4. The first-order valence-electron chi connectivity index (χ1n) is 6.66. The Hall–Kier alpha value is -2.11. The number of anilines is 1. The topological polar surface area (TPSA) is 37.8 Å². The lowest BCUT2D eigenvalue weighted by molar-refractivity contribution is -0.141. The molecular formula is C15H16F3N3. The molecule has 0 aliphatic rings. The Morgan fingerprint density at radius 1 is 1.05 bits per heavy atom. The number of aryl methyl sites for hydroxylation is 1. The highest BCUT2D eigenvalue weighted by molar-refractivity contribution is 5.38. The summed E-state index contributed by atoms with van der Waals surface area (Å²) < 4.78 is 37.2. The van der Waals surface area contributed by atoms with Crippen molar-refractivity contribution in [2.24, 2.45) is 0 Å². The summed E-state index contributed by atoms with van der Waals surface area (Å²) in [5.74, 6) is 0.315. The Labute approximate surface area is 121 Å². The first kappa shape index (κ1) is 15.3. The van der Waals surface area contributed by atoms with Gasteiger partial charge in [0, 0.05) is 6.04 Å². The summed E-state index contributed by atoms with van der Waals surface area (Å²) in [5.41, 5.74) is 1.28. The molecule has 0 fully saturated rings. The maximum Gasteiger partial charge on any atom is 0.435 e. The van der Waals surface area contributed by atoms with Gasteiger partial charge in [-0.25, -0.2) is 0 Å². The molecule has 6 heteroatoms. The number of aromatic nitrogens is 2. The van der Waals surface area contributed by atoms with Crippen LogP contribution in [-0.4, -0.2) is 10.2 Å². The molecule has 2 rings (SSSR count). The molecule has 2 aromatic rings. The second-order valence-electron chi connectivity index (χ2n) is 4.76. The van der Waals surface area contributed by atoms with Crippen molar-refractivity contribution in [3.63, 3.8) is 0 Å². The zero-order valence-corrected chi connectivity index (χ0v) is 11.8. The van der Waals surface area contributed by atoms with Gasteiger partial charge in [0.05, 0.1) is 0 Å². The van der Waals surface area contributed by atoms with E-state index >= 15 is 0 Å². The predicted molar refractivity (Wildman–Crippen MR) is 74.9 cm³/mol. The Kier molecular flexibility index (Phi) is 4.45. The van der Waals surface area contributed by atoms with Crippen LogP contribution in [0.25, 0.3) is 0 Å². The molecule has 1 aromatic heterocycles. The number of benzene rings is 1. The van der Waals surface area contributed by atoms with Gasteiger partial charge in [-0.05, 0) is 36.6 Å². The second-order valence-corrected chi connectivity index (χ2v) is 4.76. The van der Waals surface area contributed by atoms with Gasteiger partial charge in [0.25, 0.3) is 0 Å². The summed E-state index contributed by atoms with van der Waals surface area (Å²) in [6.45, 7) is 3.99. The Bertz CT molecular complexity index is 577. The molecule has 0 saturated heterocycles. The zero-order valence-electron chi connectivity index (χ0n) is 11.8. The van der Waals surface area contributed by atoms with Crippen LogP contribution in [0.15, 0.2) is 36.4 Å². The van der Waals surface area contributed by atoms with E-state index in [2.05, 4.69) is 22.4 Å². The quantitative estimate of drug-likeness (QED) is 0.917. The third-order valence-electron chi connectivity index (χ3n) is 3.21. The molecule has 0 saturated carbocycles. The third-order valence-corrected chi connectivity index (χ3v) is 3.21. The van der Waals surface area contributed by atoms with E-state index in [1.807, 2.05) is 31.2 Å². The van der Waals surface area contributed by atoms with Crippen LogP contribution in [0.5, 0.6) is 0 Å². The fourth-order valence-electron chi connectivity index (χ4n) is 1.91. The molecule has 1 atom stereocenters. The van der Waals surface area contributed by atoms with E-state index < -0.39 is 11.9 Å². The normalized spacial score (nSPS) is 13.0. The van der Waals surface area contributed by atoms with Crippen molar-refractivity contribution in [2.45, 2.75) is 32.5 Å². The van der Waals surface area contributed by atoms with E-state index in [0.717, 1.165) is 18.1 Å². The van der Waals surface area contributed by atoms with Crippen molar-refractivity contribution < 1.29 is 13.2 Å². The highest BCUT2D eigenvalue weighted by atomic mass is 19.4. The maximum absolute atomic E-state index is 12.4. The number of rotatable bonds is 4. The summed E-state index contributed by atoms with van der Waals surface area (Å²) >= 11 is 0. The third kappa shape index (κ3) is 3.93. The first-order chi connectivity index (χ1) is 9.90. The number of nitrogens with one attached hydrogen (secondary N) is 1. The minimum atomic E-state index is -4.47. The molecule has 112 valence electrons. The molecule has 1 unspecified atom stereocenters. The summed E-state index contributed by atoms with van der Waals surface area (Å²) in [6.07, 6.45) is -3.50. The lowest BCUT2D eigenvalue weighted by Gasteiger charge is -2.15. The van der Waals surface area contributed by atoms with Gasteiger partial charge < -0.3 is 5.32 Å². The monoisotopic (exact) mass is 295 g/mol. The largest absolute Gasteiger partial charge is 0.435 e. The van der Waals surface area contributed by atoms with E-state index in [-0.39, 0.29) is 6.04 Å². The molecule has 21 heavy (non-hydrogen) atoms. The number of hydrogen-bond donors (Lipinski definition) is 1. The van der Waals surface area contributed by atoms with Crippen molar-refractivity contribution in [1.29, 1.82) is 0 Å². The van der Waals surface area contributed by atoms with E-state index in [1.165, 1.54) is 11.6 Å². The smallest absolute Gasteiger partial charge is 0.362 e. The average Bonchev–Trinajstić information content (AvgIpc) is 2.47. The summed E-state index contributed by atoms with van der Waals surface area (Å²) in [7, 11) is 0. The fourth-order valence-corrected chi connectivity index (χ4v) is 1.91. The summed E-state index contributed by atoms with van der Waals surface area (Å²) in [4.78, 5) is 0. The van der Waals surface area contributed by atoms with Crippen molar-refractivity contribution in [2.75, 3.05) is 5.32 Å². The molecule has 0 spiro atoms. The van der Waals surface area contributed by atoms with Crippen LogP contribution in [0, 0.1) is 0 Å². The minimum absolute atomic E-state index is 0.0676. The molecule has 0 aliphatic heterocycles. The first-order valence-corrected chi connectivity index (χ1v) is 6.66. The SMILES string of the molecule is CCc1ccc(C(C)Nc2ccc(C(F)(F)F)nn2)cc1. The van der Waals surface area contributed by atoms with Gasteiger partial charge in [0.15, 0.2) is 5.69 Å². The van der Waals surface area contributed by atoms with Gasteiger partial charge >= 0.3 is 6.18 Å². The van der Waals surface area contributed by atoms with E-state index in [4.69, 9.17) is 0 Å². The number of hydrogen-bond acceptors (Lipinski definition) is 3. The average molecular weight is 295 g/mol. The van der Waals surface area contributed by atoms with E-state index in [9.17, 15) is 13.2 Å². The van der Waals surface area contributed by atoms with Crippen LogP contribution >= 0.6 is 0 Å². The lowest BCUT2D eigenvalue weighted by Crippen LogP contribution is -2.12. The molecule has 0 amide bonds. The zero-order chi connectivity index (χ0) is 15.5. The van der Waals surface area contributed by atoms with Gasteiger partial charge in [-0.1, -0.05) is 31.2 Å². The molecule has 1 aromatic carbocycles. The molecular weight excluding hydrogens is 279 g/mol. The lowest BCUT2D eigenvalue weighted by atomic mass is 10.1. The van der Waals surface area contributed by atoms with Crippen molar-refractivity contribution in [3.8, 4) is 0 Å². The van der Waals surface area contributed by atoms with Gasteiger partial charge in [0.2, 0.25) is 0 Å². The highest BCUT2D eigenvalue weighted by Crippen LogP contribution is 2.27. The molecule has 3 nitrogen and oxygen atoms in total. The number of halogens is 3. The van der Waals surface area contributed by atoms with Gasteiger partial charge in [-0.3, -0.25) is 0 Å². The Balaban J connectivity index is 2.06. The molecule has 0 radical (unpaired) electrons. The van der Waals surface area contributed by atoms with Crippen LogP contribution in [0.1, 0.15) is 36.7 Å². The number of nitrogens with zero attached hydrogens (tertiary/aromatic N) is 2. The molecule has 0 aliphatic carbocycles. The standard InChI is InChI=1S/C15H16F3N3/c1-3-11-4-6-12(7-5-11)10(2)19-14-9-8-13(20-21-14)15(16,17)18/h4-10H,3H2,1-2H3,(H,19,21). The van der Waals surface area contributed by atoms with Crippen LogP contribution in [0.3, 0.4) is 0 Å². The van der Waals surface area contributed by atoms with Crippen LogP contribution in [-0.2, 0) is 12.6 Å². The minimum Gasteiger partial charge on any atom is -0.362 e. The summed E-state index contributed by atoms with van der Waals surface area (Å²) in [5, 5.41) is 9.78. The van der Waals surface area contributed by atoms with Crippen molar-refractivity contribution in [3.05, 3.63) is 53.2 Å². The van der Waals surface area contributed by atoms with Crippen molar-refractivity contribution in [1.82, 2.24) is 10.2 Å². The Morgan fingerprint density at radius 3 is 2.19 bits per heavy atom. The number of alkyl halides is 3. The fraction of sp³-hybridized carbons (Fsp3) is 0.333. The molecule has 0 bridgehead atoms. The summed E-state index contributed by atoms with van der Waals surface area (Å²) in [6, 6.07) is 10.2.